The lowest BCUT2D eigenvalue weighted by Crippen LogP contribution is -2.46. The van der Waals surface area contributed by atoms with Gasteiger partial charge in [-0.2, -0.15) is 0 Å². The normalized spacial score (nSPS) is 18.2. The molecule has 0 saturated heterocycles. The molecule has 2 rings (SSSR count). The molecule has 24 heavy (non-hydrogen) atoms. The van der Waals surface area contributed by atoms with Crippen LogP contribution in [-0.2, 0) is 19.1 Å². The lowest BCUT2D eigenvalue weighted by atomic mass is 10.1. The topological polar surface area (TPSA) is 84.5 Å². The highest BCUT2D eigenvalue weighted by Crippen LogP contribution is 2.36. The summed E-state index contributed by atoms with van der Waals surface area (Å²) in [6, 6.07) is 7.41. The second-order valence-electron chi connectivity index (χ2n) is 6.67. The number of ether oxygens (including phenoxy) is 1. The van der Waals surface area contributed by atoms with Crippen molar-refractivity contribution in [2.24, 2.45) is 0 Å². The molecule has 0 bridgehead atoms. The molecule has 7 heteroatoms. The molecule has 2 N–H and O–H groups in total. The summed E-state index contributed by atoms with van der Waals surface area (Å²) in [6.07, 6.45) is -0.988. The molecule has 0 unspecified atom stereocenters. The van der Waals surface area contributed by atoms with Crippen LogP contribution in [0.15, 0.2) is 29.2 Å². The highest BCUT2D eigenvalue weighted by atomic mass is 32.2. The number of nitrogens with one attached hydrogen (secondary N) is 2. The van der Waals surface area contributed by atoms with E-state index in [1.165, 1.54) is 18.7 Å². The number of fused-ring (bicyclic) bond motifs is 1. The fraction of sp³-hybridized carbons (Fsp3) is 0.471. The Morgan fingerprint density at radius 2 is 2.00 bits per heavy atom. The number of rotatable bonds is 4. The third-order valence-electron chi connectivity index (χ3n) is 3.23. The van der Waals surface area contributed by atoms with Crippen LogP contribution in [0.1, 0.15) is 34.1 Å². The number of carbonyl (C=O) groups is 3. The Hall–Kier alpha value is -2.02. The van der Waals surface area contributed by atoms with Crippen LogP contribution in [0.25, 0.3) is 0 Å². The molecule has 6 nitrogen and oxygen atoms in total. The number of hydrogen-bond donors (Lipinski definition) is 2. The first-order chi connectivity index (χ1) is 11.2. The van der Waals surface area contributed by atoms with E-state index in [1.54, 1.807) is 0 Å². The zero-order valence-electron chi connectivity index (χ0n) is 14.2. The molecule has 2 atom stereocenters. The number of anilines is 1. The third kappa shape index (κ3) is 4.99. The van der Waals surface area contributed by atoms with E-state index in [0.29, 0.717) is 0 Å². The molecule has 0 saturated carbocycles. The number of hydrogen-bond acceptors (Lipinski definition) is 5. The molecule has 1 aliphatic heterocycles. The second kappa shape index (κ2) is 7.25. The maximum atomic E-state index is 12.1. The summed E-state index contributed by atoms with van der Waals surface area (Å²) in [6.45, 7) is 7.06. The molecule has 1 heterocycles. The van der Waals surface area contributed by atoms with Crippen LogP contribution in [0, 0.1) is 0 Å². The Labute approximate surface area is 145 Å². The van der Waals surface area contributed by atoms with E-state index in [2.05, 4.69) is 10.6 Å². The quantitative estimate of drug-likeness (QED) is 0.814. The fourth-order valence-corrected chi connectivity index (χ4v) is 3.24. The van der Waals surface area contributed by atoms with E-state index in [-0.39, 0.29) is 18.2 Å². The van der Waals surface area contributed by atoms with Crippen LogP contribution in [-0.4, -0.2) is 34.7 Å². The second-order valence-corrected chi connectivity index (χ2v) is 7.91. The third-order valence-corrected chi connectivity index (χ3v) is 4.51. The molecule has 1 aliphatic rings. The average Bonchev–Trinajstić information content (AvgIpc) is 2.46. The molecular weight excluding hydrogens is 328 g/mol. The Bertz CT molecular complexity index is 654. The fourth-order valence-electron chi connectivity index (χ4n) is 2.15. The van der Waals surface area contributed by atoms with Gasteiger partial charge in [0.15, 0.2) is 6.10 Å². The Kier molecular flexibility index (Phi) is 5.54. The van der Waals surface area contributed by atoms with Gasteiger partial charge >= 0.3 is 5.97 Å². The van der Waals surface area contributed by atoms with Crippen LogP contribution in [0.2, 0.25) is 0 Å². The van der Waals surface area contributed by atoms with Gasteiger partial charge in [0.25, 0.3) is 5.91 Å². The maximum Gasteiger partial charge on any atom is 0.308 e. The van der Waals surface area contributed by atoms with Crippen molar-refractivity contribution in [3.63, 3.8) is 0 Å². The number of amides is 2. The molecule has 0 fully saturated rings. The van der Waals surface area contributed by atoms with Gasteiger partial charge in [-0.05, 0) is 39.8 Å². The number of carbonyl (C=O) groups excluding carboxylic acids is 3. The van der Waals surface area contributed by atoms with Crippen LogP contribution >= 0.6 is 11.8 Å². The SMILES string of the molecule is C[C@H](OC(=O)C[C@H]1Sc2ccccc2NC1=O)C(=O)NC(C)(C)C. The van der Waals surface area contributed by atoms with Gasteiger partial charge in [-0.25, -0.2) is 0 Å². The Morgan fingerprint density at radius 1 is 1.33 bits per heavy atom. The van der Waals surface area contributed by atoms with Gasteiger partial charge in [-0.1, -0.05) is 12.1 Å². The number of thioether (sulfide) groups is 1. The van der Waals surface area contributed by atoms with Crippen molar-refractivity contribution in [1.29, 1.82) is 0 Å². The van der Waals surface area contributed by atoms with Crippen LogP contribution in [0.4, 0.5) is 5.69 Å². The van der Waals surface area contributed by atoms with E-state index in [1.807, 2.05) is 45.0 Å². The molecule has 130 valence electrons. The number of esters is 1. The van der Waals surface area contributed by atoms with E-state index in [4.69, 9.17) is 4.74 Å². The van der Waals surface area contributed by atoms with Crippen molar-refractivity contribution in [3.8, 4) is 0 Å². The van der Waals surface area contributed by atoms with Gasteiger partial charge < -0.3 is 15.4 Å². The summed E-state index contributed by atoms with van der Waals surface area (Å²) in [5.41, 5.74) is 0.343. The van der Waals surface area contributed by atoms with E-state index in [0.717, 1.165) is 10.6 Å². The van der Waals surface area contributed by atoms with Crippen LogP contribution < -0.4 is 10.6 Å². The molecule has 1 aromatic rings. The molecule has 0 aliphatic carbocycles. The largest absolute Gasteiger partial charge is 0.453 e. The van der Waals surface area contributed by atoms with Crippen molar-refractivity contribution in [1.82, 2.24) is 5.32 Å². The minimum Gasteiger partial charge on any atom is -0.453 e. The summed E-state index contributed by atoms with van der Waals surface area (Å²) in [5.74, 6) is -1.16. The van der Waals surface area contributed by atoms with Crippen LogP contribution in [0.3, 0.4) is 0 Å². The predicted octanol–water partition coefficient (Wildman–Crippen LogP) is 2.34. The summed E-state index contributed by atoms with van der Waals surface area (Å²) < 4.78 is 5.15. The smallest absolute Gasteiger partial charge is 0.308 e. The lowest BCUT2D eigenvalue weighted by molar-refractivity contribution is -0.155. The summed E-state index contributed by atoms with van der Waals surface area (Å²) in [7, 11) is 0. The van der Waals surface area contributed by atoms with E-state index in [9.17, 15) is 14.4 Å². The van der Waals surface area contributed by atoms with Crippen molar-refractivity contribution in [2.45, 2.75) is 55.9 Å². The van der Waals surface area contributed by atoms with E-state index < -0.39 is 22.9 Å². The zero-order chi connectivity index (χ0) is 17.9. The van der Waals surface area contributed by atoms with Gasteiger partial charge in [0.2, 0.25) is 5.91 Å². The molecule has 0 radical (unpaired) electrons. The maximum absolute atomic E-state index is 12.1. The predicted molar refractivity (Wildman–Crippen MR) is 92.8 cm³/mol. The molecule has 0 aromatic heterocycles. The summed E-state index contributed by atoms with van der Waals surface area (Å²) >= 11 is 1.33. The molecule has 1 aromatic carbocycles. The van der Waals surface area contributed by atoms with Gasteiger partial charge in [0.05, 0.1) is 17.4 Å². The highest BCUT2D eigenvalue weighted by Gasteiger charge is 2.31. The van der Waals surface area contributed by atoms with E-state index >= 15 is 0 Å². The molecule has 2 amide bonds. The van der Waals surface area contributed by atoms with Gasteiger partial charge in [0, 0.05) is 10.4 Å². The summed E-state index contributed by atoms with van der Waals surface area (Å²) in [4.78, 5) is 37.0. The minimum absolute atomic E-state index is 0.0853. The monoisotopic (exact) mass is 350 g/mol. The first-order valence-corrected chi connectivity index (χ1v) is 8.62. The van der Waals surface area contributed by atoms with Gasteiger partial charge in [-0.3, -0.25) is 14.4 Å². The average molecular weight is 350 g/mol. The summed E-state index contributed by atoms with van der Waals surface area (Å²) in [5, 5.41) is 4.96. The number of benzene rings is 1. The number of para-hydroxylation sites is 1. The lowest BCUT2D eigenvalue weighted by Gasteiger charge is -2.25. The molecular formula is C17H22N2O4S. The first kappa shape index (κ1) is 18.3. The minimum atomic E-state index is -0.902. The Morgan fingerprint density at radius 3 is 2.67 bits per heavy atom. The van der Waals surface area contributed by atoms with Crippen molar-refractivity contribution in [3.05, 3.63) is 24.3 Å². The highest BCUT2D eigenvalue weighted by molar-refractivity contribution is 8.01. The van der Waals surface area contributed by atoms with Crippen LogP contribution in [0.5, 0.6) is 0 Å². The van der Waals surface area contributed by atoms with Gasteiger partial charge in [-0.15, -0.1) is 11.8 Å². The zero-order valence-corrected chi connectivity index (χ0v) is 15.0. The standard InChI is InChI=1S/C17H22N2O4S/c1-10(15(21)19-17(2,3)4)23-14(20)9-13-16(22)18-11-7-5-6-8-12(11)24-13/h5-8,10,13H,9H2,1-4H3,(H,18,22)(H,19,21)/t10-,13+/m0/s1. The van der Waals surface area contributed by atoms with Crippen molar-refractivity contribution >= 4 is 35.2 Å². The first-order valence-electron chi connectivity index (χ1n) is 7.74. The Balaban J connectivity index is 1.91. The van der Waals surface area contributed by atoms with Crippen molar-refractivity contribution in [2.75, 3.05) is 5.32 Å². The van der Waals surface area contributed by atoms with Crippen molar-refractivity contribution < 1.29 is 19.1 Å². The molecule has 0 spiro atoms. The van der Waals surface area contributed by atoms with Gasteiger partial charge in [0.1, 0.15) is 0 Å².